The number of aromatic nitrogens is 3. The molecule has 1 unspecified atom stereocenters. The molecule has 0 spiro atoms. The first-order chi connectivity index (χ1) is 10.6. The maximum absolute atomic E-state index is 4.23. The van der Waals surface area contributed by atoms with Crippen molar-refractivity contribution in [1.82, 2.24) is 25.4 Å². The molecule has 0 fully saturated rings. The van der Waals surface area contributed by atoms with Gasteiger partial charge in [-0.3, -0.25) is 4.99 Å². The summed E-state index contributed by atoms with van der Waals surface area (Å²) in [5.41, 5.74) is 2.60. The summed E-state index contributed by atoms with van der Waals surface area (Å²) in [6.07, 6.45) is 1.69. The Morgan fingerprint density at radius 3 is 2.59 bits per heavy atom. The van der Waals surface area contributed by atoms with Gasteiger partial charge in [-0.1, -0.05) is 36.8 Å². The van der Waals surface area contributed by atoms with Gasteiger partial charge in [-0.25, -0.2) is 0 Å². The summed E-state index contributed by atoms with van der Waals surface area (Å²) in [6.45, 7) is 5.72. The summed E-state index contributed by atoms with van der Waals surface area (Å²) in [6, 6.07) is 8.65. The quantitative estimate of drug-likeness (QED) is 0.650. The molecule has 22 heavy (non-hydrogen) atoms. The number of aliphatic imine (C=N–C) groups is 1. The molecule has 1 aromatic heterocycles. The number of benzene rings is 1. The van der Waals surface area contributed by atoms with Crippen molar-refractivity contribution in [2.24, 2.45) is 12.0 Å². The summed E-state index contributed by atoms with van der Waals surface area (Å²) in [5.74, 6) is 2.05. The smallest absolute Gasteiger partial charge is 0.191 e. The highest BCUT2D eigenvalue weighted by Gasteiger charge is 2.07. The zero-order valence-corrected chi connectivity index (χ0v) is 13.7. The normalized spacial score (nSPS) is 13.0. The van der Waals surface area contributed by atoms with E-state index >= 15 is 0 Å². The molecule has 0 aliphatic carbocycles. The van der Waals surface area contributed by atoms with Gasteiger partial charge in [0.1, 0.15) is 6.33 Å². The van der Waals surface area contributed by atoms with Crippen LogP contribution in [0.1, 0.15) is 29.8 Å². The van der Waals surface area contributed by atoms with E-state index in [0.29, 0.717) is 12.5 Å². The van der Waals surface area contributed by atoms with E-state index in [0.717, 1.165) is 18.3 Å². The summed E-state index contributed by atoms with van der Waals surface area (Å²) in [7, 11) is 3.69. The summed E-state index contributed by atoms with van der Waals surface area (Å²) >= 11 is 0. The molecule has 0 bridgehead atoms. The molecule has 6 nitrogen and oxygen atoms in total. The van der Waals surface area contributed by atoms with Crippen LogP contribution in [-0.2, 0) is 13.6 Å². The Morgan fingerprint density at radius 1 is 1.27 bits per heavy atom. The fraction of sp³-hybridized carbons (Fsp3) is 0.438. The van der Waals surface area contributed by atoms with E-state index in [2.05, 4.69) is 63.9 Å². The number of aryl methyl sites for hydroxylation is 2. The first-order valence-corrected chi connectivity index (χ1v) is 7.44. The van der Waals surface area contributed by atoms with Gasteiger partial charge in [0.05, 0.1) is 6.54 Å². The molecule has 0 saturated carbocycles. The standard InChI is InChI=1S/C16H24N6/c1-12-5-7-14(8-6-12)13(2)9-18-16(17-3)19-10-15-21-20-11-22(15)4/h5-8,11,13H,9-10H2,1-4H3,(H2,17,18,19). The summed E-state index contributed by atoms with van der Waals surface area (Å²) < 4.78 is 1.88. The maximum Gasteiger partial charge on any atom is 0.191 e. The van der Waals surface area contributed by atoms with E-state index in [-0.39, 0.29) is 0 Å². The Hall–Kier alpha value is -2.37. The lowest BCUT2D eigenvalue weighted by Crippen LogP contribution is -2.39. The van der Waals surface area contributed by atoms with Gasteiger partial charge in [0.2, 0.25) is 0 Å². The van der Waals surface area contributed by atoms with Crippen molar-refractivity contribution in [3.63, 3.8) is 0 Å². The molecular weight excluding hydrogens is 276 g/mol. The molecule has 1 heterocycles. The lowest BCUT2D eigenvalue weighted by Gasteiger charge is -2.16. The topological polar surface area (TPSA) is 67.1 Å². The van der Waals surface area contributed by atoms with Gasteiger partial charge in [-0.2, -0.15) is 0 Å². The molecule has 2 N–H and O–H groups in total. The van der Waals surface area contributed by atoms with Crippen molar-refractivity contribution in [3.8, 4) is 0 Å². The number of hydrogen-bond acceptors (Lipinski definition) is 3. The monoisotopic (exact) mass is 300 g/mol. The van der Waals surface area contributed by atoms with Crippen LogP contribution < -0.4 is 10.6 Å². The zero-order chi connectivity index (χ0) is 15.9. The largest absolute Gasteiger partial charge is 0.356 e. The highest BCUT2D eigenvalue weighted by atomic mass is 15.3. The van der Waals surface area contributed by atoms with Gasteiger partial charge in [-0.15, -0.1) is 10.2 Å². The van der Waals surface area contributed by atoms with Gasteiger partial charge in [0.25, 0.3) is 0 Å². The Labute approximate surface area is 131 Å². The lowest BCUT2D eigenvalue weighted by atomic mass is 10.0. The van der Waals surface area contributed by atoms with Crippen LogP contribution in [0.5, 0.6) is 0 Å². The SMILES string of the molecule is CN=C(NCc1nncn1C)NCC(C)c1ccc(C)cc1. The second kappa shape index (κ2) is 7.59. The van der Waals surface area contributed by atoms with Crippen LogP contribution in [0.4, 0.5) is 0 Å². The average molecular weight is 300 g/mol. The molecular formula is C16H24N6. The van der Waals surface area contributed by atoms with Crippen LogP contribution in [-0.4, -0.2) is 34.3 Å². The maximum atomic E-state index is 4.23. The number of guanidine groups is 1. The van der Waals surface area contributed by atoms with Gasteiger partial charge >= 0.3 is 0 Å². The predicted octanol–water partition coefficient (Wildman–Crippen LogP) is 1.59. The van der Waals surface area contributed by atoms with Gasteiger partial charge in [-0.05, 0) is 18.4 Å². The van der Waals surface area contributed by atoms with Gasteiger partial charge in [0, 0.05) is 20.6 Å². The fourth-order valence-corrected chi connectivity index (χ4v) is 2.11. The van der Waals surface area contributed by atoms with Crippen molar-refractivity contribution in [1.29, 1.82) is 0 Å². The molecule has 6 heteroatoms. The van der Waals surface area contributed by atoms with E-state index in [1.54, 1.807) is 13.4 Å². The van der Waals surface area contributed by atoms with Crippen LogP contribution >= 0.6 is 0 Å². The van der Waals surface area contributed by atoms with Crippen LogP contribution in [0.15, 0.2) is 35.6 Å². The molecule has 0 amide bonds. The highest BCUT2D eigenvalue weighted by Crippen LogP contribution is 2.14. The van der Waals surface area contributed by atoms with E-state index in [9.17, 15) is 0 Å². The Morgan fingerprint density at radius 2 is 2.00 bits per heavy atom. The molecule has 0 aliphatic rings. The Bertz CT molecular complexity index is 614. The van der Waals surface area contributed by atoms with E-state index < -0.39 is 0 Å². The summed E-state index contributed by atoms with van der Waals surface area (Å²) in [4.78, 5) is 4.23. The molecule has 1 atom stereocenters. The third kappa shape index (κ3) is 4.31. The number of nitrogens with zero attached hydrogens (tertiary/aromatic N) is 4. The summed E-state index contributed by atoms with van der Waals surface area (Å²) in [5, 5.41) is 14.5. The molecule has 118 valence electrons. The lowest BCUT2D eigenvalue weighted by molar-refractivity contribution is 0.683. The first-order valence-electron chi connectivity index (χ1n) is 7.44. The highest BCUT2D eigenvalue weighted by molar-refractivity contribution is 5.79. The number of nitrogens with one attached hydrogen (secondary N) is 2. The predicted molar refractivity (Wildman–Crippen MR) is 88.8 cm³/mol. The fourth-order valence-electron chi connectivity index (χ4n) is 2.11. The molecule has 2 aromatic rings. The Balaban J connectivity index is 1.83. The van der Waals surface area contributed by atoms with Crippen LogP contribution in [0, 0.1) is 6.92 Å². The minimum atomic E-state index is 0.411. The minimum Gasteiger partial charge on any atom is -0.356 e. The third-order valence-electron chi connectivity index (χ3n) is 3.66. The van der Waals surface area contributed by atoms with Crippen molar-refractivity contribution in [3.05, 3.63) is 47.5 Å². The second-order valence-electron chi connectivity index (χ2n) is 5.48. The molecule has 0 aliphatic heterocycles. The average Bonchev–Trinajstić information content (AvgIpc) is 2.93. The van der Waals surface area contributed by atoms with Crippen molar-refractivity contribution in [2.45, 2.75) is 26.3 Å². The van der Waals surface area contributed by atoms with E-state index in [4.69, 9.17) is 0 Å². The van der Waals surface area contributed by atoms with Gasteiger partial charge in [0.15, 0.2) is 11.8 Å². The molecule has 0 saturated heterocycles. The number of rotatable bonds is 5. The van der Waals surface area contributed by atoms with E-state index in [1.807, 2.05) is 11.6 Å². The minimum absolute atomic E-state index is 0.411. The van der Waals surface area contributed by atoms with Crippen LogP contribution in [0.3, 0.4) is 0 Å². The Kier molecular flexibility index (Phi) is 5.52. The molecule has 2 rings (SSSR count). The van der Waals surface area contributed by atoms with E-state index in [1.165, 1.54) is 11.1 Å². The third-order valence-corrected chi connectivity index (χ3v) is 3.66. The van der Waals surface area contributed by atoms with Crippen molar-refractivity contribution < 1.29 is 0 Å². The van der Waals surface area contributed by atoms with Crippen molar-refractivity contribution in [2.75, 3.05) is 13.6 Å². The molecule has 1 aromatic carbocycles. The second-order valence-corrected chi connectivity index (χ2v) is 5.48. The van der Waals surface area contributed by atoms with Gasteiger partial charge < -0.3 is 15.2 Å². The first kappa shape index (κ1) is 16.0. The van der Waals surface area contributed by atoms with Crippen molar-refractivity contribution >= 4 is 5.96 Å². The van der Waals surface area contributed by atoms with Crippen LogP contribution in [0.25, 0.3) is 0 Å². The number of hydrogen-bond donors (Lipinski definition) is 2. The van der Waals surface area contributed by atoms with Crippen LogP contribution in [0.2, 0.25) is 0 Å². The molecule has 0 radical (unpaired) electrons. The zero-order valence-electron chi connectivity index (χ0n) is 13.7.